The zero-order valence-corrected chi connectivity index (χ0v) is 20.4. The molecule has 0 N–H and O–H groups in total. The van der Waals surface area contributed by atoms with Crippen molar-refractivity contribution in [1.29, 1.82) is 0 Å². The van der Waals surface area contributed by atoms with Gasteiger partial charge in [0.25, 0.3) is 0 Å². The molecular weight excluding hydrogens is 444 g/mol. The maximum Gasteiger partial charge on any atom is 0.0352 e. The standard InChI is InChI=1S/C37H24/c1-2-10-24(11-3-1)37-33-17-9-8-16-31(33)36-23-26(19-21-34(36)37)25-18-20-32-29-14-5-4-12-27(29)28-13-6-7-15-30(28)35(32)22-25/h1-23,37H. The van der Waals surface area contributed by atoms with Crippen molar-refractivity contribution >= 4 is 32.3 Å². The molecule has 0 aliphatic heterocycles. The predicted octanol–water partition coefficient (Wildman–Crippen LogP) is 9.97. The second-order valence-electron chi connectivity index (χ2n) is 10.1. The molecule has 172 valence electrons. The molecule has 1 unspecified atom stereocenters. The van der Waals surface area contributed by atoms with Gasteiger partial charge < -0.3 is 0 Å². The minimum atomic E-state index is 0.286. The van der Waals surface area contributed by atoms with E-state index in [0.29, 0.717) is 0 Å². The molecule has 8 rings (SSSR count). The van der Waals surface area contributed by atoms with Crippen LogP contribution in [0.4, 0.5) is 0 Å². The maximum absolute atomic E-state index is 2.40. The van der Waals surface area contributed by atoms with Gasteiger partial charge in [0.15, 0.2) is 0 Å². The molecule has 0 saturated carbocycles. The molecule has 0 aromatic heterocycles. The minimum Gasteiger partial charge on any atom is -0.0622 e. The maximum atomic E-state index is 2.40. The topological polar surface area (TPSA) is 0 Å². The van der Waals surface area contributed by atoms with E-state index in [2.05, 4.69) is 140 Å². The van der Waals surface area contributed by atoms with Gasteiger partial charge in [-0.05, 0) is 83.4 Å². The Bertz CT molecular complexity index is 1940. The largest absolute Gasteiger partial charge is 0.0622 e. The van der Waals surface area contributed by atoms with Gasteiger partial charge in [-0.3, -0.25) is 0 Å². The van der Waals surface area contributed by atoms with Crippen LogP contribution in [0.25, 0.3) is 54.6 Å². The highest BCUT2D eigenvalue weighted by atomic mass is 14.3. The molecule has 0 saturated heterocycles. The number of rotatable bonds is 2. The van der Waals surface area contributed by atoms with Crippen molar-refractivity contribution in [1.82, 2.24) is 0 Å². The van der Waals surface area contributed by atoms with Gasteiger partial charge in [-0.2, -0.15) is 0 Å². The second kappa shape index (κ2) is 7.91. The summed E-state index contributed by atoms with van der Waals surface area (Å²) in [6.07, 6.45) is 0. The fourth-order valence-corrected chi connectivity index (χ4v) is 6.47. The molecular formula is C37H24. The summed E-state index contributed by atoms with van der Waals surface area (Å²) in [6.45, 7) is 0. The zero-order chi connectivity index (χ0) is 24.3. The average Bonchev–Trinajstić information content (AvgIpc) is 3.31. The van der Waals surface area contributed by atoms with E-state index in [-0.39, 0.29) is 5.92 Å². The average molecular weight is 469 g/mol. The molecule has 37 heavy (non-hydrogen) atoms. The third kappa shape index (κ3) is 3.03. The fraction of sp³-hybridized carbons (Fsp3) is 0.0270. The van der Waals surface area contributed by atoms with Crippen molar-refractivity contribution in [3.05, 3.63) is 156 Å². The minimum absolute atomic E-state index is 0.286. The summed E-state index contributed by atoms with van der Waals surface area (Å²) in [6, 6.07) is 51.4. The molecule has 1 aliphatic rings. The molecule has 0 heteroatoms. The van der Waals surface area contributed by atoms with E-state index in [9.17, 15) is 0 Å². The Labute approximate surface area is 216 Å². The van der Waals surface area contributed by atoms with E-state index in [4.69, 9.17) is 0 Å². The molecule has 0 nitrogen and oxygen atoms in total. The predicted molar refractivity (Wildman–Crippen MR) is 157 cm³/mol. The lowest BCUT2D eigenvalue weighted by atomic mass is 9.88. The first-order valence-corrected chi connectivity index (χ1v) is 13.0. The monoisotopic (exact) mass is 468 g/mol. The first-order chi connectivity index (χ1) is 18.4. The third-order valence-corrected chi connectivity index (χ3v) is 8.14. The van der Waals surface area contributed by atoms with Crippen LogP contribution in [0.2, 0.25) is 0 Å². The summed E-state index contributed by atoms with van der Waals surface area (Å²) in [7, 11) is 0. The van der Waals surface area contributed by atoms with Gasteiger partial charge in [0.1, 0.15) is 0 Å². The number of hydrogen-bond donors (Lipinski definition) is 0. The van der Waals surface area contributed by atoms with Crippen molar-refractivity contribution in [3.63, 3.8) is 0 Å². The Hall–Kier alpha value is -4.68. The lowest BCUT2D eigenvalue weighted by Crippen LogP contribution is -1.98. The van der Waals surface area contributed by atoms with Gasteiger partial charge in [-0.25, -0.2) is 0 Å². The van der Waals surface area contributed by atoms with Gasteiger partial charge in [-0.1, -0.05) is 127 Å². The van der Waals surface area contributed by atoms with Gasteiger partial charge >= 0.3 is 0 Å². The third-order valence-electron chi connectivity index (χ3n) is 8.14. The van der Waals surface area contributed by atoms with Crippen LogP contribution in [-0.2, 0) is 0 Å². The lowest BCUT2D eigenvalue weighted by molar-refractivity contribution is 1.02. The summed E-state index contributed by atoms with van der Waals surface area (Å²) < 4.78 is 0. The molecule has 0 amide bonds. The summed E-state index contributed by atoms with van der Waals surface area (Å²) in [5.74, 6) is 0.286. The summed E-state index contributed by atoms with van der Waals surface area (Å²) in [5.41, 5.74) is 9.38. The highest BCUT2D eigenvalue weighted by Gasteiger charge is 2.29. The molecule has 0 bridgehead atoms. The van der Waals surface area contributed by atoms with Crippen molar-refractivity contribution in [2.45, 2.75) is 5.92 Å². The summed E-state index contributed by atoms with van der Waals surface area (Å²) in [5, 5.41) is 7.89. The Morgan fingerprint density at radius 1 is 0.324 bits per heavy atom. The second-order valence-corrected chi connectivity index (χ2v) is 10.1. The quantitative estimate of drug-likeness (QED) is 0.221. The van der Waals surface area contributed by atoms with Gasteiger partial charge in [0, 0.05) is 5.92 Å². The van der Waals surface area contributed by atoms with Crippen molar-refractivity contribution in [2.75, 3.05) is 0 Å². The number of fused-ring (bicyclic) bond motifs is 9. The van der Waals surface area contributed by atoms with Crippen LogP contribution >= 0.6 is 0 Å². The summed E-state index contributed by atoms with van der Waals surface area (Å²) >= 11 is 0. The zero-order valence-electron chi connectivity index (χ0n) is 20.4. The Kier molecular flexibility index (Phi) is 4.39. The Morgan fingerprint density at radius 2 is 0.838 bits per heavy atom. The molecule has 0 fully saturated rings. The van der Waals surface area contributed by atoms with Crippen LogP contribution in [0.15, 0.2) is 140 Å². The smallest absolute Gasteiger partial charge is 0.0352 e. The van der Waals surface area contributed by atoms with Crippen LogP contribution in [0.3, 0.4) is 0 Å². The normalized spacial score (nSPS) is 14.2. The molecule has 1 aliphatic carbocycles. The fourth-order valence-electron chi connectivity index (χ4n) is 6.47. The van der Waals surface area contributed by atoms with E-state index < -0.39 is 0 Å². The van der Waals surface area contributed by atoms with E-state index in [1.54, 1.807) is 0 Å². The molecule has 0 heterocycles. The lowest BCUT2D eigenvalue weighted by Gasteiger charge is -2.15. The van der Waals surface area contributed by atoms with Crippen LogP contribution in [0.1, 0.15) is 22.6 Å². The highest BCUT2D eigenvalue weighted by Crippen LogP contribution is 2.49. The molecule has 1 atom stereocenters. The van der Waals surface area contributed by atoms with E-state index >= 15 is 0 Å². The van der Waals surface area contributed by atoms with Crippen LogP contribution in [0.5, 0.6) is 0 Å². The first-order valence-electron chi connectivity index (χ1n) is 13.0. The van der Waals surface area contributed by atoms with Gasteiger partial charge in [0.2, 0.25) is 0 Å². The Morgan fingerprint density at radius 3 is 1.57 bits per heavy atom. The van der Waals surface area contributed by atoms with Gasteiger partial charge in [0.05, 0.1) is 0 Å². The van der Waals surface area contributed by atoms with E-state index in [1.165, 1.54) is 71.3 Å². The van der Waals surface area contributed by atoms with Crippen molar-refractivity contribution in [2.24, 2.45) is 0 Å². The molecule has 7 aromatic rings. The van der Waals surface area contributed by atoms with Crippen LogP contribution < -0.4 is 0 Å². The van der Waals surface area contributed by atoms with E-state index in [0.717, 1.165) is 0 Å². The first kappa shape index (κ1) is 20.5. The number of benzene rings is 7. The summed E-state index contributed by atoms with van der Waals surface area (Å²) in [4.78, 5) is 0. The highest BCUT2D eigenvalue weighted by molar-refractivity contribution is 6.25. The molecule has 0 radical (unpaired) electrons. The van der Waals surface area contributed by atoms with Crippen LogP contribution in [0, 0.1) is 0 Å². The van der Waals surface area contributed by atoms with Crippen LogP contribution in [-0.4, -0.2) is 0 Å². The van der Waals surface area contributed by atoms with E-state index in [1.807, 2.05) is 0 Å². The molecule has 0 spiro atoms. The number of hydrogen-bond acceptors (Lipinski definition) is 0. The van der Waals surface area contributed by atoms with Crippen molar-refractivity contribution in [3.8, 4) is 22.3 Å². The van der Waals surface area contributed by atoms with Gasteiger partial charge in [-0.15, -0.1) is 0 Å². The SMILES string of the molecule is c1ccc(C2c3ccccc3-c3cc(-c4ccc5c6ccccc6c6ccccc6c5c4)ccc32)cc1. The molecule has 7 aromatic carbocycles. The van der Waals surface area contributed by atoms with Crippen molar-refractivity contribution < 1.29 is 0 Å². The Balaban J connectivity index is 1.35.